The van der Waals surface area contributed by atoms with Crippen LogP contribution in [0.5, 0.6) is 0 Å². The van der Waals surface area contributed by atoms with Crippen LogP contribution in [0.4, 0.5) is 5.69 Å². The van der Waals surface area contributed by atoms with Gasteiger partial charge in [-0.2, -0.15) is 0 Å². The molecule has 0 N–H and O–H groups in total. The Hall–Kier alpha value is -1.63. The van der Waals surface area contributed by atoms with Gasteiger partial charge in [0.25, 0.3) is 0 Å². The van der Waals surface area contributed by atoms with E-state index in [1.807, 2.05) is 30.5 Å². The van der Waals surface area contributed by atoms with Crippen LogP contribution < -0.4 is 0 Å². The molecule has 0 saturated carbocycles. The zero-order valence-electron chi connectivity index (χ0n) is 7.40. The Bertz CT molecular complexity index is 386. The van der Waals surface area contributed by atoms with Crippen LogP contribution in [-0.2, 0) is 0 Å². The Balaban J connectivity index is 2.38. The average molecular weight is 169 g/mol. The van der Waals surface area contributed by atoms with E-state index in [0.29, 0.717) is 0 Å². The van der Waals surface area contributed by atoms with E-state index in [1.54, 1.807) is 0 Å². The molecule has 0 amide bonds. The first-order valence-electron chi connectivity index (χ1n) is 4.36. The molecule has 13 heavy (non-hydrogen) atoms. The second kappa shape index (κ2) is 3.40. The molecule has 1 aliphatic rings. The average Bonchev–Trinajstić information content (AvgIpc) is 2.58. The van der Waals surface area contributed by atoms with Crippen LogP contribution in [0.2, 0.25) is 0 Å². The van der Waals surface area contributed by atoms with Crippen molar-refractivity contribution in [1.82, 2.24) is 0 Å². The van der Waals surface area contributed by atoms with E-state index in [-0.39, 0.29) is 0 Å². The molecule has 1 heteroatoms. The van der Waals surface area contributed by atoms with Gasteiger partial charge in [-0.3, -0.25) is 4.99 Å². The fourth-order valence-corrected chi connectivity index (χ4v) is 1.41. The number of benzene rings is 1. The molecule has 0 bridgehead atoms. The molecule has 0 spiro atoms. The number of hydrogen-bond donors (Lipinski definition) is 0. The lowest BCUT2D eigenvalue weighted by Crippen LogP contribution is -1.78. The molecular formula is C12H11N. The Morgan fingerprint density at radius 1 is 1.31 bits per heavy atom. The highest BCUT2D eigenvalue weighted by molar-refractivity contribution is 6.16. The lowest BCUT2D eigenvalue weighted by atomic mass is 10.1. The van der Waals surface area contributed by atoms with Gasteiger partial charge in [-0.05, 0) is 18.1 Å². The van der Waals surface area contributed by atoms with Gasteiger partial charge >= 0.3 is 0 Å². The third kappa shape index (κ3) is 1.45. The van der Waals surface area contributed by atoms with Gasteiger partial charge in [0.15, 0.2) is 0 Å². The second-order valence-electron chi connectivity index (χ2n) is 2.96. The second-order valence-corrected chi connectivity index (χ2v) is 2.96. The van der Waals surface area contributed by atoms with E-state index in [1.165, 1.54) is 11.1 Å². The molecule has 64 valence electrons. The van der Waals surface area contributed by atoms with Crippen LogP contribution in [0.15, 0.2) is 48.0 Å². The molecule has 0 atom stereocenters. The molecule has 1 aromatic carbocycles. The smallest absolute Gasteiger partial charge is 0.0708 e. The van der Waals surface area contributed by atoms with E-state index in [4.69, 9.17) is 0 Å². The standard InChI is InChI=1S/C12H11N/c1-2-3-6-10-9-13-12-8-5-4-7-11(10)12/h2,4-9H,1,3H2/b10-6-. The quantitative estimate of drug-likeness (QED) is 0.602. The normalized spacial score (nSPS) is 16.2. The van der Waals surface area contributed by atoms with Crippen molar-refractivity contribution in [3.63, 3.8) is 0 Å². The lowest BCUT2D eigenvalue weighted by Gasteiger charge is -1.96. The van der Waals surface area contributed by atoms with Gasteiger partial charge in [-0.25, -0.2) is 0 Å². The highest BCUT2D eigenvalue weighted by Crippen LogP contribution is 2.30. The van der Waals surface area contributed by atoms with Gasteiger partial charge in [-0.15, -0.1) is 6.58 Å². The SMILES string of the molecule is C=CC/C=C1/C=Nc2ccccc21. The third-order valence-electron chi connectivity index (χ3n) is 2.06. The molecule has 1 nitrogen and oxygen atoms in total. The molecule has 0 aromatic heterocycles. The van der Waals surface area contributed by atoms with E-state index in [0.717, 1.165) is 12.1 Å². The molecule has 0 aliphatic carbocycles. The van der Waals surface area contributed by atoms with Crippen LogP contribution in [0.1, 0.15) is 12.0 Å². The van der Waals surface area contributed by atoms with Crippen molar-refractivity contribution in [3.05, 3.63) is 48.6 Å². The summed E-state index contributed by atoms with van der Waals surface area (Å²) in [5.74, 6) is 0. The first kappa shape index (κ1) is 7.99. The zero-order valence-corrected chi connectivity index (χ0v) is 7.40. The molecule has 0 unspecified atom stereocenters. The Labute approximate surface area is 78.1 Å². The molecule has 0 radical (unpaired) electrons. The van der Waals surface area contributed by atoms with Crippen LogP contribution in [0, 0.1) is 0 Å². The number of hydrogen-bond acceptors (Lipinski definition) is 1. The van der Waals surface area contributed by atoms with Crippen molar-refractivity contribution >= 4 is 17.5 Å². The summed E-state index contributed by atoms with van der Waals surface area (Å²) in [6.45, 7) is 3.69. The van der Waals surface area contributed by atoms with Crippen LogP contribution in [-0.4, -0.2) is 6.21 Å². The highest BCUT2D eigenvalue weighted by Gasteiger charge is 2.09. The van der Waals surface area contributed by atoms with E-state index < -0.39 is 0 Å². The molecule has 0 fully saturated rings. The molecule has 1 aliphatic heterocycles. The predicted octanol–water partition coefficient (Wildman–Crippen LogP) is 3.36. The topological polar surface area (TPSA) is 12.4 Å². The van der Waals surface area contributed by atoms with Crippen molar-refractivity contribution in [2.75, 3.05) is 0 Å². The van der Waals surface area contributed by atoms with Gasteiger partial charge < -0.3 is 0 Å². The largest absolute Gasteiger partial charge is 0.256 e. The Morgan fingerprint density at radius 3 is 3.00 bits per heavy atom. The minimum absolute atomic E-state index is 0.898. The fraction of sp³-hybridized carbons (Fsp3) is 0.0833. The molecule has 2 rings (SSSR count). The summed E-state index contributed by atoms with van der Waals surface area (Å²) < 4.78 is 0. The number of para-hydroxylation sites is 1. The van der Waals surface area contributed by atoms with Crippen molar-refractivity contribution in [1.29, 1.82) is 0 Å². The summed E-state index contributed by atoms with van der Waals surface area (Å²) in [5.41, 5.74) is 3.50. The van der Waals surface area contributed by atoms with E-state index in [2.05, 4.69) is 23.7 Å². The maximum absolute atomic E-state index is 4.31. The Morgan fingerprint density at radius 2 is 2.15 bits per heavy atom. The maximum atomic E-state index is 4.31. The molecule has 1 heterocycles. The van der Waals surface area contributed by atoms with Gasteiger partial charge in [0.2, 0.25) is 0 Å². The van der Waals surface area contributed by atoms with Gasteiger partial charge in [-0.1, -0.05) is 30.4 Å². The number of rotatable bonds is 2. The summed E-state index contributed by atoms with van der Waals surface area (Å²) >= 11 is 0. The van der Waals surface area contributed by atoms with Gasteiger partial charge in [0.05, 0.1) is 5.69 Å². The summed E-state index contributed by atoms with van der Waals surface area (Å²) in [6, 6.07) is 8.17. The Kier molecular flexibility index (Phi) is 2.09. The summed E-state index contributed by atoms with van der Waals surface area (Å²) in [5, 5.41) is 0. The van der Waals surface area contributed by atoms with Crippen molar-refractivity contribution in [2.24, 2.45) is 4.99 Å². The van der Waals surface area contributed by atoms with Crippen LogP contribution in [0.3, 0.4) is 0 Å². The molecular weight excluding hydrogens is 158 g/mol. The van der Waals surface area contributed by atoms with Crippen LogP contribution in [0.25, 0.3) is 5.57 Å². The van der Waals surface area contributed by atoms with Crippen LogP contribution >= 0.6 is 0 Å². The number of fused-ring (bicyclic) bond motifs is 1. The number of nitrogens with zero attached hydrogens (tertiary/aromatic N) is 1. The number of allylic oxidation sites excluding steroid dienone is 3. The van der Waals surface area contributed by atoms with E-state index >= 15 is 0 Å². The predicted molar refractivity (Wildman–Crippen MR) is 57.4 cm³/mol. The minimum Gasteiger partial charge on any atom is -0.256 e. The summed E-state index contributed by atoms with van der Waals surface area (Å²) in [6.07, 6.45) is 6.84. The third-order valence-corrected chi connectivity index (χ3v) is 2.06. The number of aliphatic imine (C=N–C) groups is 1. The molecule has 0 saturated heterocycles. The molecule has 1 aromatic rings. The highest BCUT2D eigenvalue weighted by atomic mass is 14.7. The first-order chi connectivity index (χ1) is 6.42. The first-order valence-corrected chi connectivity index (χ1v) is 4.36. The van der Waals surface area contributed by atoms with Crippen molar-refractivity contribution in [3.8, 4) is 0 Å². The van der Waals surface area contributed by atoms with Crippen molar-refractivity contribution in [2.45, 2.75) is 6.42 Å². The summed E-state index contributed by atoms with van der Waals surface area (Å²) in [4.78, 5) is 4.31. The van der Waals surface area contributed by atoms with Crippen molar-refractivity contribution < 1.29 is 0 Å². The monoisotopic (exact) mass is 169 g/mol. The maximum Gasteiger partial charge on any atom is 0.0708 e. The summed E-state index contributed by atoms with van der Waals surface area (Å²) in [7, 11) is 0. The van der Waals surface area contributed by atoms with Gasteiger partial charge in [0.1, 0.15) is 0 Å². The minimum atomic E-state index is 0.898. The fourth-order valence-electron chi connectivity index (χ4n) is 1.41. The zero-order chi connectivity index (χ0) is 9.10. The van der Waals surface area contributed by atoms with E-state index in [9.17, 15) is 0 Å². The van der Waals surface area contributed by atoms with Gasteiger partial charge in [0, 0.05) is 11.8 Å². The lowest BCUT2D eigenvalue weighted by molar-refractivity contribution is 1.42.